The molecule has 0 unspecified atom stereocenters. The van der Waals surface area contributed by atoms with Crippen LogP contribution in [0.15, 0.2) is 24.3 Å². The molecule has 0 aliphatic carbocycles. The number of methoxy groups -OCH3 is 1. The van der Waals surface area contributed by atoms with Gasteiger partial charge in [0.2, 0.25) is 0 Å². The number of rotatable bonds is 4. The minimum absolute atomic E-state index is 0.138. The molecule has 2 atom stereocenters. The van der Waals surface area contributed by atoms with E-state index in [1.807, 2.05) is 0 Å². The first-order valence-corrected chi connectivity index (χ1v) is 7.31. The van der Waals surface area contributed by atoms with Crippen LogP contribution in [0.2, 0.25) is 0 Å². The Morgan fingerprint density at radius 2 is 2.26 bits per heavy atom. The van der Waals surface area contributed by atoms with Crippen molar-refractivity contribution in [1.82, 2.24) is 4.90 Å². The van der Waals surface area contributed by atoms with Crippen LogP contribution in [0, 0.1) is 0 Å². The Balaban J connectivity index is 2.15. The van der Waals surface area contributed by atoms with Crippen molar-refractivity contribution in [2.24, 2.45) is 0 Å². The molecule has 2 rings (SSSR count). The number of carbonyl (C=O) groups is 1. The minimum atomic E-state index is -0.162. The molecule has 1 aliphatic rings. The molecular weight excluding hydrogens is 258 g/mol. The lowest BCUT2D eigenvalue weighted by Crippen LogP contribution is -2.44. The Hall–Kier alpha value is -1.00. The van der Waals surface area contributed by atoms with E-state index in [0.717, 1.165) is 13.0 Å². The van der Waals surface area contributed by atoms with Crippen LogP contribution >= 0.6 is 12.6 Å². The molecular formula is C15H21NO2S. The lowest BCUT2D eigenvalue weighted by atomic mass is 9.92. The third-order valence-corrected chi connectivity index (χ3v) is 4.37. The van der Waals surface area contributed by atoms with Gasteiger partial charge in [-0.2, -0.15) is 12.6 Å². The fourth-order valence-corrected chi connectivity index (χ4v) is 3.19. The molecule has 1 aromatic rings. The zero-order chi connectivity index (χ0) is 13.8. The summed E-state index contributed by atoms with van der Waals surface area (Å²) in [6.07, 6.45) is 1.44. The van der Waals surface area contributed by atoms with Gasteiger partial charge in [-0.05, 0) is 24.5 Å². The highest BCUT2D eigenvalue weighted by Gasteiger charge is 2.29. The first kappa shape index (κ1) is 14.4. The molecule has 0 amide bonds. The number of hydrogen-bond acceptors (Lipinski definition) is 4. The molecule has 19 heavy (non-hydrogen) atoms. The average molecular weight is 279 g/mol. The van der Waals surface area contributed by atoms with E-state index in [4.69, 9.17) is 4.74 Å². The SMILES string of the molecule is COC(=O)C[C@@H](CS)N1CCc2ccccc2[C@@H]1C. The lowest BCUT2D eigenvalue weighted by Gasteiger charge is -2.40. The van der Waals surface area contributed by atoms with Gasteiger partial charge in [-0.1, -0.05) is 24.3 Å². The largest absolute Gasteiger partial charge is 0.469 e. The number of ether oxygens (including phenoxy) is 1. The first-order valence-electron chi connectivity index (χ1n) is 6.68. The number of hydrogen-bond donors (Lipinski definition) is 1. The average Bonchev–Trinajstić information content (AvgIpc) is 2.45. The molecule has 1 aliphatic heterocycles. The molecule has 0 N–H and O–H groups in total. The van der Waals surface area contributed by atoms with Crippen molar-refractivity contribution in [2.45, 2.75) is 31.8 Å². The summed E-state index contributed by atoms with van der Waals surface area (Å²) in [4.78, 5) is 13.9. The summed E-state index contributed by atoms with van der Waals surface area (Å²) in [6, 6.07) is 9.01. The number of benzene rings is 1. The summed E-state index contributed by atoms with van der Waals surface area (Å²) in [5.74, 6) is 0.506. The Morgan fingerprint density at radius 1 is 1.53 bits per heavy atom. The quantitative estimate of drug-likeness (QED) is 0.678. The molecule has 0 spiro atoms. The summed E-state index contributed by atoms with van der Waals surface area (Å²) in [5, 5.41) is 0. The van der Waals surface area contributed by atoms with E-state index in [9.17, 15) is 4.79 Å². The van der Waals surface area contributed by atoms with Crippen LogP contribution in [-0.2, 0) is 16.0 Å². The smallest absolute Gasteiger partial charge is 0.307 e. The third-order valence-electron chi connectivity index (χ3n) is 3.95. The van der Waals surface area contributed by atoms with Crippen molar-refractivity contribution in [3.05, 3.63) is 35.4 Å². The van der Waals surface area contributed by atoms with Crippen molar-refractivity contribution in [3.8, 4) is 0 Å². The second-order valence-electron chi connectivity index (χ2n) is 4.98. The predicted molar refractivity (Wildman–Crippen MR) is 79.5 cm³/mol. The van der Waals surface area contributed by atoms with Crippen LogP contribution in [0.3, 0.4) is 0 Å². The number of thiol groups is 1. The van der Waals surface area contributed by atoms with Crippen molar-refractivity contribution in [2.75, 3.05) is 19.4 Å². The van der Waals surface area contributed by atoms with E-state index < -0.39 is 0 Å². The normalized spacial score (nSPS) is 20.7. The van der Waals surface area contributed by atoms with E-state index in [2.05, 4.69) is 48.7 Å². The number of carbonyl (C=O) groups excluding carboxylic acids is 1. The molecule has 3 nitrogen and oxygen atoms in total. The summed E-state index contributed by atoms with van der Waals surface area (Å²) < 4.78 is 4.78. The van der Waals surface area contributed by atoms with Gasteiger partial charge in [-0.25, -0.2) is 0 Å². The van der Waals surface area contributed by atoms with Gasteiger partial charge in [0, 0.05) is 24.4 Å². The maximum Gasteiger partial charge on any atom is 0.307 e. The Bertz CT molecular complexity index is 450. The Labute approximate surface area is 120 Å². The zero-order valence-corrected chi connectivity index (χ0v) is 12.4. The van der Waals surface area contributed by atoms with Crippen LogP contribution in [0.4, 0.5) is 0 Å². The fraction of sp³-hybridized carbons (Fsp3) is 0.533. The Kier molecular flexibility index (Phi) is 4.88. The standard InChI is InChI=1S/C15H21NO2S/c1-11-14-6-4-3-5-12(14)7-8-16(11)13(10-19)9-15(17)18-2/h3-6,11,13,19H,7-10H2,1-2H3/t11-,13-/m0/s1. The second-order valence-corrected chi connectivity index (χ2v) is 5.34. The molecule has 1 heterocycles. The van der Waals surface area contributed by atoms with Gasteiger partial charge < -0.3 is 4.74 Å². The number of fused-ring (bicyclic) bond motifs is 1. The zero-order valence-electron chi connectivity index (χ0n) is 11.5. The maximum absolute atomic E-state index is 11.5. The molecule has 104 valence electrons. The van der Waals surface area contributed by atoms with E-state index in [-0.39, 0.29) is 12.0 Å². The third kappa shape index (κ3) is 3.12. The molecule has 1 aromatic carbocycles. The van der Waals surface area contributed by atoms with Crippen molar-refractivity contribution in [1.29, 1.82) is 0 Å². The van der Waals surface area contributed by atoms with Gasteiger partial charge in [0.15, 0.2) is 0 Å². The molecule has 0 saturated carbocycles. The van der Waals surface area contributed by atoms with E-state index in [1.165, 1.54) is 18.2 Å². The molecule has 4 heteroatoms. The summed E-state index contributed by atoms with van der Waals surface area (Å²) in [5.41, 5.74) is 2.78. The van der Waals surface area contributed by atoms with Crippen LogP contribution < -0.4 is 0 Å². The summed E-state index contributed by atoms with van der Waals surface area (Å²) >= 11 is 4.40. The van der Waals surface area contributed by atoms with Crippen molar-refractivity contribution >= 4 is 18.6 Å². The van der Waals surface area contributed by atoms with Crippen molar-refractivity contribution < 1.29 is 9.53 Å². The molecule has 0 saturated heterocycles. The second kappa shape index (κ2) is 6.44. The molecule has 0 aromatic heterocycles. The van der Waals surface area contributed by atoms with Crippen LogP contribution in [0.1, 0.15) is 30.5 Å². The fourth-order valence-electron chi connectivity index (χ4n) is 2.85. The van der Waals surface area contributed by atoms with E-state index in [0.29, 0.717) is 18.2 Å². The minimum Gasteiger partial charge on any atom is -0.469 e. The highest BCUT2D eigenvalue weighted by Crippen LogP contribution is 2.31. The van der Waals surface area contributed by atoms with Gasteiger partial charge in [0.25, 0.3) is 0 Å². The van der Waals surface area contributed by atoms with Gasteiger partial charge in [-0.15, -0.1) is 0 Å². The number of esters is 1. The van der Waals surface area contributed by atoms with Crippen molar-refractivity contribution in [3.63, 3.8) is 0 Å². The monoisotopic (exact) mass is 279 g/mol. The molecule has 0 radical (unpaired) electrons. The topological polar surface area (TPSA) is 29.5 Å². The number of nitrogens with zero attached hydrogens (tertiary/aromatic N) is 1. The lowest BCUT2D eigenvalue weighted by molar-refractivity contribution is -0.142. The Morgan fingerprint density at radius 3 is 2.95 bits per heavy atom. The van der Waals surface area contributed by atoms with Crippen LogP contribution in [0.25, 0.3) is 0 Å². The molecule has 0 fully saturated rings. The maximum atomic E-state index is 11.5. The molecule has 0 bridgehead atoms. The van der Waals surface area contributed by atoms with Gasteiger partial charge >= 0.3 is 5.97 Å². The van der Waals surface area contributed by atoms with Crippen LogP contribution in [-0.4, -0.2) is 36.3 Å². The van der Waals surface area contributed by atoms with E-state index >= 15 is 0 Å². The highest BCUT2D eigenvalue weighted by atomic mass is 32.1. The van der Waals surface area contributed by atoms with Gasteiger partial charge in [-0.3, -0.25) is 9.69 Å². The highest BCUT2D eigenvalue weighted by molar-refractivity contribution is 7.80. The van der Waals surface area contributed by atoms with Gasteiger partial charge in [0.1, 0.15) is 0 Å². The van der Waals surface area contributed by atoms with Gasteiger partial charge in [0.05, 0.1) is 13.5 Å². The van der Waals surface area contributed by atoms with Crippen LogP contribution in [0.5, 0.6) is 0 Å². The predicted octanol–water partition coefficient (Wildman–Crippen LogP) is 2.47. The van der Waals surface area contributed by atoms with E-state index in [1.54, 1.807) is 0 Å². The summed E-state index contributed by atoms with van der Waals surface area (Å²) in [6.45, 7) is 3.17. The first-order chi connectivity index (χ1) is 9.17. The summed E-state index contributed by atoms with van der Waals surface area (Å²) in [7, 11) is 1.44.